The molecule has 1 aromatic heterocycles. The first-order valence-corrected chi connectivity index (χ1v) is 8.72. The zero-order valence-electron chi connectivity index (χ0n) is 10.4. The molecule has 0 aliphatic carbocycles. The molecule has 0 spiro atoms. The summed E-state index contributed by atoms with van der Waals surface area (Å²) in [5.41, 5.74) is -0.604. The number of carbonyl (C=O) groups is 1. The largest absolute Gasteiger partial charge is 0.365 e. The van der Waals surface area contributed by atoms with E-state index in [0.717, 1.165) is 17.8 Å². The highest BCUT2D eigenvalue weighted by Gasteiger charge is 2.38. The summed E-state index contributed by atoms with van der Waals surface area (Å²) >= 11 is 0.834. The van der Waals surface area contributed by atoms with E-state index in [0.29, 0.717) is 13.0 Å². The molecule has 19 heavy (non-hydrogen) atoms. The molecule has 9 heteroatoms. The number of hydrogen-bond acceptors (Lipinski definition) is 6. The summed E-state index contributed by atoms with van der Waals surface area (Å²) in [5.74, 6) is -0.322. The summed E-state index contributed by atoms with van der Waals surface area (Å²) in [7, 11) is 1.44. The van der Waals surface area contributed by atoms with Gasteiger partial charge < -0.3 is 4.74 Å². The van der Waals surface area contributed by atoms with Gasteiger partial charge in [0.05, 0.1) is 5.69 Å². The molecule has 6 nitrogen and oxygen atoms in total. The number of carbonyl (C=O) groups excluding carboxylic acids is 1. The Morgan fingerprint density at radius 2 is 2.26 bits per heavy atom. The van der Waals surface area contributed by atoms with Crippen molar-refractivity contribution in [3.8, 4) is 0 Å². The predicted molar refractivity (Wildman–Crippen MR) is 72.1 cm³/mol. The van der Waals surface area contributed by atoms with Crippen LogP contribution in [0.1, 0.15) is 25.5 Å². The number of hydrogen-bond donors (Lipinski definition) is 1. The molecule has 1 amide bonds. The van der Waals surface area contributed by atoms with Crippen LogP contribution in [0.5, 0.6) is 0 Å². The van der Waals surface area contributed by atoms with Crippen LogP contribution < -0.4 is 5.32 Å². The van der Waals surface area contributed by atoms with Gasteiger partial charge >= 0.3 is 0 Å². The Morgan fingerprint density at radius 3 is 2.74 bits per heavy atom. The quantitative estimate of drug-likeness (QED) is 0.858. The fourth-order valence-corrected chi connectivity index (χ4v) is 4.20. The van der Waals surface area contributed by atoms with E-state index in [1.165, 1.54) is 6.92 Å². The van der Waals surface area contributed by atoms with E-state index < -0.39 is 14.7 Å². The van der Waals surface area contributed by atoms with E-state index in [1.54, 1.807) is 6.92 Å². The lowest BCUT2D eigenvalue weighted by atomic mass is 10.0. The lowest BCUT2D eigenvalue weighted by Crippen LogP contribution is -2.39. The minimum absolute atomic E-state index is 0.0537. The SMILES string of the molecule is Cc1nc(NC(=O)C2(C)CCCO2)sc1S(=O)(=O)Cl. The van der Waals surface area contributed by atoms with Gasteiger partial charge in [0.2, 0.25) is 0 Å². The van der Waals surface area contributed by atoms with Crippen LogP contribution in [0.15, 0.2) is 4.21 Å². The molecule has 1 aliphatic rings. The smallest absolute Gasteiger partial charge is 0.272 e. The fraction of sp³-hybridized carbons (Fsp3) is 0.600. The van der Waals surface area contributed by atoms with Gasteiger partial charge in [-0.15, -0.1) is 0 Å². The lowest BCUT2D eigenvalue weighted by Gasteiger charge is -2.20. The van der Waals surface area contributed by atoms with E-state index >= 15 is 0 Å². The zero-order valence-corrected chi connectivity index (χ0v) is 12.8. The summed E-state index contributed by atoms with van der Waals surface area (Å²) < 4.78 is 27.9. The Balaban J connectivity index is 2.19. The monoisotopic (exact) mass is 324 g/mol. The van der Waals surface area contributed by atoms with Gasteiger partial charge in [-0.2, -0.15) is 0 Å². The van der Waals surface area contributed by atoms with E-state index in [4.69, 9.17) is 15.4 Å². The van der Waals surface area contributed by atoms with Crippen molar-refractivity contribution in [3.63, 3.8) is 0 Å². The molecule has 2 rings (SSSR count). The third-order valence-corrected chi connectivity index (χ3v) is 6.15. The molecule has 1 unspecified atom stereocenters. The highest BCUT2D eigenvalue weighted by molar-refractivity contribution is 8.15. The number of aryl methyl sites for hydroxylation is 1. The molecule has 0 bridgehead atoms. The molecular formula is C10H13ClN2O4S2. The second-order valence-electron chi connectivity index (χ2n) is 4.47. The first kappa shape index (κ1) is 14.7. The van der Waals surface area contributed by atoms with Gasteiger partial charge in [-0.25, -0.2) is 13.4 Å². The lowest BCUT2D eigenvalue weighted by molar-refractivity contribution is -0.133. The number of anilines is 1. The maximum atomic E-state index is 12.1. The molecule has 0 saturated carbocycles. The molecule has 1 saturated heterocycles. The number of thiazole rings is 1. The summed E-state index contributed by atoms with van der Waals surface area (Å²) in [4.78, 5) is 16.0. The Labute approximate surface area is 119 Å². The van der Waals surface area contributed by atoms with Crippen LogP contribution in [0.2, 0.25) is 0 Å². The number of nitrogens with one attached hydrogen (secondary N) is 1. The average Bonchev–Trinajstić information content (AvgIpc) is 2.85. The van der Waals surface area contributed by atoms with Crippen LogP contribution in [0.3, 0.4) is 0 Å². The highest BCUT2D eigenvalue weighted by Crippen LogP contribution is 2.32. The van der Waals surface area contributed by atoms with Gasteiger partial charge in [-0.3, -0.25) is 10.1 Å². The van der Waals surface area contributed by atoms with Crippen molar-refractivity contribution in [2.45, 2.75) is 36.5 Å². The van der Waals surface area contributed by atoms with Crippen molar-refractivity contribution >= 4 is 42.1 Å². The normalized spacial score (nSPS) is 23.5. The molecule has 2 heterocycles. The van der Waals surface area contributed by atoms with E-state index in [9.17, 15) is 13.2 Å². The molecule has 0 aromatic carbocycles. The maximum Gasteiger partial charge on any atom is 0.272 e. The van der Waals surface area contributed by atoms with E-state index in [-0.39, 0.29) is 20.9 Å². The topological polar surface area (TPSA) is 85.4 Å². The summed E-state index contributed by atoms with van der Waals surface area (Å²) in [6, 6.07) is 0. The molecule has 0 radical (unpaired) electrons. The summed E-state index contributed by atoms with van der Waals surface area (Å²) in [6.45, 7) is 3.77. The third kappa shape index (κ3) is 3.07. The summed E-state index contributed by atoms with van der Waals surface area (Å²) in [6.07, 6.45) is 1.45. The van der Waals surface area contributed by atoms with Gasteiger partial charge in [-0.05, 0) is 26.7 Å². The van der Waals surface area contributed by atoms with Crippen LogP contribution in [0.4, 0.5) is 5.13 Å². The van der Waals surface area contributed by atoms with E-state index in [1.807, 2.05) is 0 Å². The van der Waals surface area contributed by atoms with Crippen LogP contribution in [-0.4, -0.2) is 31.5 Å². The molecule has 1 fully saturated rings. The number of halogens is 1. The molecular weight excluding hydrogens is 312 g/mol. The number of amides is 1. The Bertz CT molecular complexity index is 605. The molecule has 1 N–H and O–H groups in total. The van der Waals surface area contributed by atoms with Crippen LogP contribution in [0.25, 0.3) is 0 Å². The predicted octanol–water partition coefficient (Wildman–Crippen LogP) is 1.89. The second kappa shape index (κ2) is 5.01. The van der Waals surface area contributed by atoms with Crippen molar-refractivity contribution in [1.29, 1.82) is 0 Å². The number of ether oxygens (including phenoxy) is 1. The first-order valence-electron chi connectivity index (χ1n) is 5.60. The molecule has 1 aliphatic heterocycles. The van der Waals surface area contributed by atoms with Crippen LogP contribution in [0, 0.1) is 6.92 Å². The number of nitrogens with zero attached hydrogens (tertiary/aromatic N) is 1. The second-order valence-corrected chi connectivity index (χ2v) is 8.23. The van der Waals surface area contributed by atoms with Crippen molar-refractivity contribution < 1.29 is 17.9 Å². The van der Waals surface area contributed by atoms with E-state index in [2.05, 4.69) is 10.3 Å². The molecule has 1 atom stereocenters. The first-order chi connectivity index (χ1) is 8.72. The average molecular weight is 325 g/mol. The molecule has 1 aromatic rings. The zero-order chi connectivity index (χ0) is 14.3. The van der Waals surface area contributed by atoms with Crippen LogP contribution >= 0.6 is 22.0 Å². The van der Waals surface area contributed by atoms with Gasteiger partial charge in [0.15, 0.2) is 9.34 Å². The highest BCUT2D eigenvalue weighted by atomic mass is 35.7. The van der Waals surface area contributed by atoms with Crippen LogP contribution in [-0.2, 0) is 18.6 Å². The Hall–Kier alpha value is -0.700. The van der Waals surface area contributed by atoms with Gasteiger partial charge in [-0.1, -0.05) is 11.3 Å². The van der Waals surface area contributed by atoms with Crippen molar-refractivity contribution in [2.75, 3.05) is 11.9 Å². The Kier molecular flexibility index (Phi) is 3.87. The van der Waals surface area contributed by atoms with Gasteiger partial charge in [0.1, 0.15) is 5.60 Å². The number of rotatable bonds is 3. The molecule has 106 valence electrons. The van der Waals surface area contributed by atoms with Gasteiger partial charge in [0.25, 0.3) is 15.0 Å². The number of aromatic nitrogens is 1. The summed E-state index contributed by atoms with van der Waals surface area (Å²) in [5, 5.41) is 2.78. The fourth-order valence-electron chi connectivity index (χ4n) is 1.85. The van der Waals surface area contributed by atoms with Gasteiger partial charge in [0, 0.05) is 17.3 Å². The third-order valence-electron chi connectivity index (χ3n) is 2.90. The van der Waals surface area contributed by atoms with Crippen molar-refractivity contribution in [1.82, 2.24) is 4.98 Å². The minimum atomic E-state index is -3.84. The Morgan fingerprint density at radius 1 is 1.58 bits per heavy atom. The van der Waals surface area contributed by atoms with Crippen molar-refractivity contribution in [3.05, 3.63) is 5.69 Å². The minimum Gasteiger partial charge on any atom is -0.365 e. The van der Waals surface area contributed by atoms with Crippen molar-refractivity contribution in [2.24, 2.45) is 0 Å². The maximum absolute atomic E-state index is 12.1. The standard InChI is InChI=1S/C10H13ClN2O4S2/c1-6-7(19(11,15)16)18-9(12-6)13-8(14)10(2)4-3-5-17-10/h3-5H2,1-2H3,(H,12,13,14).